The summed E-state index contributed by atoms with van der Waals surface area (Å²) in [7, 11) is 0. The van der Waals surface area contributed by atoms with Crippen LogP contribution in [-0.2, 0) is 16.4 Å². The van der Waals surface area contributed by atoms with E-state index in [2.05, 4.69) is 5.32 Å². The quantitative estimate of drug-likeness (QED) is 0.784. The van der Waals surface area contributed by atoms with Crippen molar-refractivity contribution in [1.29, 1.82) is 0 Å². The standard InChI is InChI=1S/C13H14F3NO/c1-12(2)7-17-11(6-18)9-5-8(13(14,15)16)3-4-10(9)12/h3-6,11,17H,7H2,1-2H3. The zero-order chi connectivity index (χ0) is 13.6. The Morgan fingerprint density at radius 2 is 2.06 bits per heavy atom. The van der Waals surface area contributed by atoms with Crippen LogP contribution in [-0.4, -0.2) is 12.8 Å². The van der Waals surface area contributed by atoms with Crippen LogP contribution >= 0.6 is 0 Å². The minimum absolute atomic E-state index is 0.279. The Balaban J connectivity index is 2.58. The SMILES string of the molecule is CC1(C)CNC(C=O)c2cc(C(F)(F)F)ccc21. The Hall–Kier alpha value is -1.36. The number of rotatable bonds is 1. The van der Waals surface area contributed by atoms with Crippen LogP contribution < -0.4 is 5.32 Å². The second-order valence-corrected chi connectivity index (χ2v) is 5.18. The molecule has 0 aliphatic carbocycles. The molecule has 0 saturated heterocycles. The first-order valence-corrected chi connectivity index (χ1v) is 5.66. The summed E-state index contributed by atoms with van der Waals surface area (Å²) in [5, 5.41) is 2.96. The number of carbonyl (C=O) groups is 1. The average Bonchev–Trinajstić information content (AvgIpc) is 2.27. The highest BCUT2D eigenvalue weighted by molar-refractivity contribution is 5.64. The lowest BCUT2D eigenvalue weighted by Crippen LogP contribution is -2.42. The van der Waals surface area contributed by atoms with Crippen molar-refractivity contribution in [2.75, 3.05) is 6.54 Å². The van der Waals surface area contributed by atoms with Gasteiger partial charge in [-0.2, -0.15) is 13.2 Å². The van der Waals surface area contributed by atoms with Crippen LogP contribution in [0.25, 0.3) is 0 Å². The fraction of sp³-hybridized carbons (Fsp3) is 0.462. The molecular weight excluding hydrogens is 243 g/mol. The van der Waals surface area contributed by atoms with E-state index >= 15 is 0 Å². The molecule has 2 nitrogen and oxygen atoms in total. The van der Waals surface area contributed by atoms with Gasteiger partial charge in [-0.15, -0.1) is 0 Å². The first-order chi connectivity index (χ1) is 8.25. The molecule has 1 aliphatic rings. The van der Waals surface area contributed by atoms with Gasteiger partial charge in [0.2, 0.25) is 0 Å². The molecule has 0 saturated carbocycles. The van der Waals surface area contributed by atoms with E-state index in [1.165, 1.54) is 6.07 Å². The summed E-state index contributed by atoms with van der Waals surface area (Å²) < 4.78 is 38.0. The molecule has 1 aromatic rings. The highest BCUT2D eigenvalue weighted by Crippen LogP contribution is 2.38. The van der Waals surface area contributed by atoms with E-state index in [-0.39, 0.29) is 5.41 Å². The summed E-state index contributed by atoms with van der Waals surface area (Å²) in [6, 6.07) is 2.97. The van der Waals surface area contributed by atoms with E-state index in [4.69, 9.17) is 0 Å². The Morgan fingerprint density at radius 3 is 2.61 bits per heavy atom. The minimum Gasteiger partial charge on any atom is -0.303 e. The monoisotopic (exact) mass is 257 g/mol. The number of nitrogens with one attached hydrogen (secondary N) is 1. The molecule has 0 amide bonds. The summed E-state index contributed by atoms with van der Waals surface area (Å²) in [5.74, 6) is 0. The van der Waals surface area contributed by atoms with Crippen molar-refractivity contribution in [3.63, 3.8) is 0 Å². The van der Waals surface area contributed by atoms with Crippen LogP contribution in [0.4, 0.5) is 13.2 Å². The molecular formula is C13H14F3NO. The van der Waals surface area contributed by atoms with Gasteiger partial charge >= 0.3 is 6.18 Å². The highest BCUT2D eigenvalue weighted by Gasteiger charge is 2.36. The van der Waals surface area contributed by atoms with Crippen molar-refractivity contribution in [3.05, 3.63) is 34.9 Å². The molecule has 0 radical (unpaired) electrons. The predicted molar refractivity (Wildman–Crippen MR) is 61.3 cm³/mol. The van der Waals surface area contributed by atoms with E-state index in [1.54, 1.807) is 0 Å². The molecule has 1 atom stereocenters. The maximum Gasteiger partial charge on any atom is 0.416 e. The number of carbonyl (C=O) groups excluding carboxylic acids is 1. The second-order valence-electron chi connectivity index (χ2n) is 5.18. The molecule has 0 spiro atoms. The lowest BCUT2D eigenvalue weighted by Gasteiger charge is -2.36. The fourth-order valence-corrected chi connectivity index (χ4v) is 2.30. The third kappa shape index (κ3) is 2.14. The molecule has 1 unspecified atom stereocenters. The van der Waals surface area contributed by atoms with E-state index in [1.807, 2.05) is 13.8 Å². The second kappa shape index (κ2) is 4.09. The number of aldehydes is 1. The maximum absolute atomic E-state index is 12.7. The van der Waals surface area contributed by atoms with Crippen molar-refractivity contribution in [2.45, 2.75) is 31.5 Å². The lowest BCUT2D eigenvalue weighted by atomic mass is 9.76. The summed E-state index contributed by atoms with van der Waals surface area (Å²) in [6.45, 7) is 4.44. The number of hydrogen-bond donors (Lipinski definition) is 1. The molecule has 1 aromatic carbocycles. The number of benzene rings is 1. The summed E-state index contributed by atoms with van der Waals surface area (Å²) in [6.07, 6.45) is -3.74. The van der Waals surface area contributed by atoms with Gasteiger partial charge in [0.05, 0.1) is 11.6 Å². The van der Waals surface area contributed by atoms with Gasteiger partial charge in [-0.05, 0) is 23.3 Å². The molecule has 18 heavy (non-hydrogen) atoms. The van der Waals surface area contributed by atoms with Crippen LogP contribution in [0.2, 0.25) is 0 Å². The number of hydrogen-bond acceptors (Lipinski definition) is 2. The first kappa shape index (κ1) is 13.1. The van der Waals surface area contributed by atoms with E-state index in [0.29, 0.717) is 18.4 Å². The van der Waals surface area contributed by atoms with Crippen molar-refractivity contribution < 1.29 is 18.0 Å². The van der Waals surface area contributed by atoms with Gasteiger partial charge in [-0.25, -0.2) is 0 Å². The van der Waals surface area contributed by atoms with Crippen molar-refractivity contribution >= 4 is 6.29 Å². The van der Waals surface area contributed by atoms with Gasteiger partial charge < -0.3 is 10.1 Å². The Kier molecular flexibility index (Phi) is 2.97. The molecule has 1 heterocycles. The highest BCUT2D eigenvalue weighted by atomic mass is 19.4. The molecule has 2 rings (SSSR count). The summed E-state index contributed by atoms with van der Waals surface area (Å²) in [4.78, 5) is 11.0. The Morgan fingerprint density at radius 1 is 1.39 bits per heavy atom. The molecule has 0 aromatic heterocycles. The van der Waals surface area contributed by atoms with Gasteiger partial charge in [-0.3, -0.25) is 0 Å². The molecule has 5 heteroatoms. The zero-order valence-corrected chi connectivity index (χ0v) is 10.1. The Bertz CT molecular complexity index is 480. The minimum atomic E-state index is -4.38. The van der Waals surface area contributed by atoms with Crippen molar-refractivity contribution in [2.24, 2.45) is 0 Å². The lowest BCUT2D eigenvalue weighted by molar-refractivity contribution is -0.137. The maximum atomic E-state index is 12.7. The third-order valence-corrected chi connectivity index (χ3v) is 3.34. The fourth-order valence-electron chi connectivity index (χ4n) is 2.30. The molecule has 98 valence electrons. The Labute approximate surface area is 103 Å². The smallest absolute Gasteiger partial charge is 0.303 e. The van der Waals surface area contributed by atoms with Crippen LogP contribution in [0.1, 0.15) is 36.6 Å². The zero-order valence-electron chi connectivity index (χ0n) is 10.1. The summed E-state index contributed by atoms with van der Waals surface area (Å²) in [5.41, 5.74) is 0.230. The van der Waals surface area contributed by atoms with Crippen LogP contribution in [0, 0.1) is 0 Å². The predicted octanol–water partition coefficient (Wildman–Crippen LogP) is 2.83. The first-order valence-electron chi connectivity index (χ1n) is 5.66. The van der Waals surface area contributed by atoms with Crippen LogP contribution in [0.15, 0.2) is 18.2 Å². The summed E-state index contributed by atoms with van der Waals surface area (Å²) >= 11 is 0. The molecule has 1 N–H and O–H groups in total. The largest absolute Gasteiger partial charge is 0.416 e. The van der Waals surface area contributed by atoms with Crippen LogP contribution in [0.5, 0.6) is 0 Å². The van der Waals surface area contributed by atoms with E-state index in [0.717, 1.165) is 17.7 Å². The molecule has 1 aliphatic heterocycles. The van der Waals surface area contributed by atoms with Gasteiger partial charge in [0.25, 0.3) is 0 Å². The van der Waals surface area contributed by atoms with E-state index < -0.39 is 17.8 Å². The molecule has 0 bridgehead atoms. The van der Waals surface area contributed by atoms with Crippen molar-refractivity contribution in [3.8, 4) is 0 Å². The van der Waals surface area contributed by atoms with Gasteiger partial charge in [0, 0.05) is 12.0 Å². The molecule has 0 fully saturated rings. The van der Waals surface area contributed by atoms with Crippen molar-refractivity contribution in [1.82, 2.24) is 5.32 Å². The van der Waals surface area contributed by atoms with E-state index in [9.17, 15) is 18.0 Å². The van der Waals surface area contributed by atoms with Crippen LogP contribution in [0.3, 0.4) is 0 Å². The number of alkyl halides is 3. The van der Waals surface area contributed by atoms with Gasteiger partial charge in [0.15, 0.2) is 0 Å². The normalized spacial score (nSPS) is 22.4. The van der Waals surface area contributed by atoms with Gasteiger partial charge in [-0.1, -0.05) is 19.9 Å². The average molecular weight is 257 g/mol. The number of halogens is 3. The topological polar surface area (TPSA) is 29.1 Å². The van der Waals surface area contributed by atoms with Gasteiger partial charge in [0.1, 0.15) is 6.29 Å². The number of fused-ring (bicyclic) bond motifs is 1. The third-order valence-electron chi connectivity index (χ3n) is 3.34.